The lowest BCUT2D eigenvalue weighted by molar-refractivity contribution is 0.132. The van der Waals surface area contributed by atoms with Crippen molar-refractivity contribution in [3.05, 3.63) is 96.2 Å². The topological polar surface area (TPSA) is 55.7 Å². The number of rotatable bonds is 9. The summed E-state index contributed by atoms with van der Waals surface area (Å²) in [5.74, 6) is 1.65. The zero-order chi connectivity index (χ0) is 21.6. The molecule has 0 unspecified atom stereocenters. The third-order valence-corrected chi connectivity index (χ3v) is 5.47. The van der Waals surface area contributed by atoms with Gasteiger partial charge in [0.1, 0.15) is 18.1 Å². The van der Waals surface area contributed by atoms with E-state index in [2.05, 4.69) is 34.1 Å². The van der Waals surface area contributed by atoms with E-state index in [1.54, 1.807) is 7.11 Å². The van der Waals surface area contributed by atoms with Gasteiger partial charge in [-0.25, -0.2) is 0 Å². The van der Waals surface area contributed by atoms with Gasteiger partial charge in [-0.05, 0) is 54.6 Å². The molecule has 5 nitrogen and oxygen atoms in total. The smallest absolute Gasteiger partial charge is 0.120 e. The van der Waals surface area contributed by atoms with Crippen LogP contribution in [-0.4, -0.2) is 36.5 Å². The van der Waals surface area contributed by atoms with Crippen molar-refractivity contribution in [2.75, 3.05) is 20.7 Å². The van der Waals surface area contributed by atoms with E-state index in [-0.39, 0.29) is 18.4 Å². The minimum absolute atomic E-state index is 0. The number of aromatic nitrogens is 1. The van der Waals surface area contributed by atoms with Crippen LogP contribution < -0.4 is 14.8 Å². The molecule has 3 aromatic carbocycles. The van der Waals surface area contributed by atoms with Gasteiger partial charge in [0.15, 0.2) is 0 Å². The van der Waals surface area contributed by atoms with E-state index < -0.39 is 6.10 Å². The predicted octanol–water partition coefficient (Wildman–Crippen LogP) is 4.82. The molecule has 0 saturated heterocycles. The number of hydrogen-bond acceptors (Lipinski definition) is 4. The van der Waals surface area contributed by atoms with Gasteiger partial charge >= 0.3 is 0 Å². The zero-order valence-electron chi connectivity index (χ0n) is 18.3. The van der Waals surface area contributed by atoms with Crippen molar-refractivity contribution in [3.8, 4) is 11.5 Å². The number of halogens is 1. The number of aliphatic hydroxyl groups excluding tert-OH is 1. The molecule has 0 bridgehead atoms. The quantitative estimate of drug-likeness (QED) is 0.382. The van der Waals surface area contributed by atoms with Crippen LogP contribution in [0.5, 0.6) is 11.5 Å². The van der Waals surface area contributed by atoms with Crippen molar-refractivity contribution >= 4 is 23.3 Å². The SMILES string of the molecule is CNC[C@@H](O)[C@H](c1ccccc1)n1ccc2cc(OCc3ccc(OC)cc3)ccc21.Cl. The van der Waals surface area contributed by atoms with Crippen LogP contribution in [0.25, 0.3) is 10.9 Å². The van der Waals surface area contributed by atoms with Crippen LogP contribution in [0.3, 0.4) is 0 Å². The van der Waals surface area contributed by atoms with Gasteiger partial charge in [0.05, 0.1) is 19.3 Å². The van der Waals surface area contributed by atoms with E-state index in [9.17, 15) is 5.11 Å². The second-order valence-electron chi connectivity index (χ2n) is 7.56. The molecule has 0 aliphatic rings. The third kappa shape index (κ3) is 5.25. The number of fused-ring (bicyclic) bond motifs is 1. The molecule has 168 valence electrons. The molecule has 0 aliphatic carbocycles. The van der Waals surface area contributed by atoms with Gasteiger partial charge in [-0.2, -0.15) is 0 Å². The predicted molar refractivity (Wildman–Crippen MR) is 131 cm³/mol. The summed E-state index contributed by atoms with van der Waals surface area (Å²) in [4.78, 5) is 0. The highest BCUT2D eigenvalue weighted by Crippen LogP contribution is 2.30. The molecule has 6 heteroatoms. The molecule has 1 aromatic heterocycles. The van der Waals surface area contributed by atoms with Crippen LogP contribution in [0.4, 0.5) is 0 Å². The number of hydrogen-bond donors (Lipinski definition) is 2. The van der Waals surface area contributed by atoms with Crippen molar-refractivity contribution in [2.24, 2.45) is 0 Å². The Morgan fingerprint density at radius 2 is 1.66 bits per heavy atom. The summed E-state index contributed by atoms with van der Waals surface area (Å²) in [5.41, 5.74) is 3.21. The van der Waals surface area contributed by atoms with Crippen LogP contribution >= 0.6 is 12.4 Å². The molecule has 0 aliphatic heterocycles. The first-order valence-corrected chi connectivity index (χ1v) is 10.4. The molecule has 2 N–H and O–H groups in total. The molecule has 1 heterocycles. The lowest BCUT2D eigenvalue weighted by Crippen LogP contribution is -2.33. The van der Waals surface area contributed by atoms with Crippen molar-refractivity contribution in [3.63, 3.8) is 0 Å². The summed E-state index contributed by atoms with van der Waals surface area (Å²) in [6.07, 6.45) is 1.48. The molecule has 4 aromatic rings. The van der Waals surface area contributed by atoms with E-state index in [4.69, 9.17) is 9.47 Å². The van der Waals surface area contributed by atoms with Crippen molar-refractivity contribution in [1.29, 1.82) is 0 Å². The Labute approximate surface area is 195 Å². The molecule has 32 heavy (non-hydrogen) atoms. The van der Waals surface area contributed by atoms with Crippen molar-refractivity contribution < 1.29 is 14.6 Å². The minimum atomic E-state index is -0.561. The van der Waals surface area contributed by atoms with Gasteiger partial charge in [-0.1, -0.05) is 42.5 Å². The van der Waals surface area contributed by atoms with E-state index >= 15 is 0 Å². The fourth-order valence-electron chi connectivity index (χ4n) is 3.90. The van der Waals surface area contributed by atoms with Gasteiger partial charge in [0, 0.05) is 23.6 Å². The van der Waals surface area contributed by atoms with E-state index in [0.29, 0.717) is 13.2 Å². The summed E-state index contributed by atoms with van der Waals surface area (Å²) >= 11 is 0. The monoisotopic (exact) mass is 452 g/mol. The average molecular weight is 453 g/mol. The summed E-state index contributed by atoms with van der Waals surface area (Å²) in [6, 6.07) is 25.9. The van der Waals surface area contributed by atoms with Crippen LogP contribution in [-0.2, 0) is 6.61 Å². The number of nitrogens with zero attached hydrogens (tertiary/aromatic N) is 1. The van der Waals surface area contributed by atoms with Crippen molar-refractivity contribution in [1.82, 2.24) is 9.88 Å². The maximum absolute atomic E-state index is 10.9. The largest absolute Gasteiger partial charge is 0.497 e. The molecule has 2 atom stereocenters. The third-order valence-electron chi connectivity index (χ3n) is 5.47. The molecule has 4 rings (SSSR count). The number of nitrogens with one attached hydrogen (secondary N) is 1. The second-order valence-corrected chi connectivity index (χ2v) is 7.56. The Morgan fingerprint density at radius 1 is 0.938 bits per heavy atom. The maximum Gasteiger partial charge on any atom is 0.120 e. The lowest BCUT2D eigenvalue weighted by Gasteiger charge is -2.26. The van der Waals surface area contributed by atoms with Gasteiger partial charge in [-0.3, -0.25) is 0 Å². The Hall–Kier alpha value is -2.99. The average Bonchev–Trinajstić information content (AvgIpc) is 3.22. The molecule has 0 radical (unpaired) electrons. The number of likely N-dealkylation sites (N-methyl/N-ethyl adjacent to an activating group) is 1. The Balaban J connectivity index is 0.00000289. The molecule has 0 amide bonds. The molecule has 0 fully saturated rings. The first-order valence-electron chi connectivity index (χ1n) is 10.4. The Kier molecular flexibility index (Phi) is 8.17. The standard InChI is InChI=1S/C26H28N2O3.ClH/c1-27-17-25(29)26(20-6-4-3-5-7-20)28-15-14-21-16-23(12-13-24(21)28)31-18-19-8-10-22(30-2)11-9-19;/h3-16,25-27,29H,17-18H2,1-2H3;1H/t25-,26+;/m1./s1. The first kappa shape index (κ1) is 23.7. The summed E-state index contributed by atoms with van der Waals surface area (Å²) in [5, 5.41) is 15.0. The van der Waals surface area contributed by atoms with E-state index in [1.807, 2.05) is 67.8 Å². The van der Waals surface area contributed by atoms with Crippen LogP contribution in [0, 0.1) is 0 Å². The molecule has 0 saturated carbocycles. The summed E-state index contributed by atoms with van der Waals surface area (Å²) in [6.45, 7) is 0.992. The van der Waals surface area contributed by atoms with Crippen molar-refractivity contribution in [2.45, 2.75) is 18.8 Å². The van der Waals surface area contributed by atoms with E-state index in [1.165, 1.54) is 0 Å². The van der Waals surface area contributed by atoms with Crippen LogP contribution in [0.15, 0.2) is 85.1 Å². The molecular weight excluding hydrogens is 424 g/mol. The lowest BCUT2D eigenvalue weighted by atomic mass is 10.0. The second kappa shape index (κ2) is 11.0. The highest BCUT2D eigenvalue weighted by molar-refractivity contribution is 5.85. The van der Waals surface area contributed by atoms with Gasteiger partial charge < -0.3 is 24.5 Å². The highest BCUT2D eigenvalue weighted by Gasteiger charge is 2.23. The normalized spacial score (nSPS) is 12.7. The first-order chi connectivity index (χ1) is 15.2. The fraction of sp³-hybridized carbons (Fsp3) is 0.231. The van der Waals surface area contributed by atoms with Gasteiger partial charge in [0.25, 0.3) is 0 Å². The zero-order valence-corrected chi connectivity index (χ0v) is 19.1. The van der Waals surface area contributed by atoms with Crippen LogP contribution in [0.2, 0.25) is 0 Å². The summed E-state index contributed by atoms with van der Waals surface area (Å²) in [7, 11) is 3.51. The summed E-state index contributed by atoms with van der Waals surface area (Å²) < 4.78 is 13.3. The van der Waals surface area contributed by atoms with E-state index in [0.717, 1.165) is 33.5 Å². The van der Waals surface area contributed by atoms with Gasteiger partial charge in [0.2, 0.25) is 0 Å². The van der Waals surface area contributed by atoms with Crippen LogP contribution in [0.1, 0.15) is 17.2 Å². The molecular formula is C26H29ClN2O3. The number of benzene rings is 3. The highest BCUT2D eigenvalue weighted by atomic mass is 35.5. The Bertz CT molecular complexity index is 1110. The molecule has 0 spiro atoms. The number of aliphatic hydroxyl groups is 1. The fourth-order valence-corrected chi connectivity index (χ4v) is 3.90. The number of ether oxygens (including phenoxy) is 2. The number of methoxy groups -OCH3 is 1. The van der Waals surface area contributed by atoms with Gasteiger partial charge in [-0.15, -0.1) is 12.4 Å². The minimum Gasteiger partial charge on any atom is -0.497 e. The maximum atomic E-state index is 10.9. The Morgan fingerprint density at radius 3 is 2.34 bits per heavy atom.